The lowest BCUT2D eigenvalue weighted by molar-refractivity contribution is 0.409. The SMILES string of the molecule is COc1ccccc1CN(C)c1ccc(CCN)cc1Br. The molecule has 0 atom stereocenters. The number of hydrogen-bond donors (Lipinski definition) is 1. The molecule has 0 spiro atoms. The lowest BCUT2D eigenvalue weighted by Gasteiger charge is -2.22. The highest BCUT2D eigenvalue weighted by molar-refractivity contribution is 9.10. The van der Waals surface area contributed by atoms with Gasteiger partial charge in [-0.2, -0.15) is 0 Å². The number of anilines is 1. The Balaban J connectivity index is 2.18. The fourth-order valence-corrected chi connectivity index (χ4v) is 3.09. The second-order valence-corrected chi connectivity index (χ2v) is 5.85. The van der Waals surface area contributed by atoms with E-state index in [1.807, 2.05) is 18.2 Å². The average Bonchev–Trinajstić information content (AvgIpc) is 2.48. The summed E-state index contributed by atoms with van der Waals surface area (Å²) in [7, 11) is 3.78. The molecule has 0 saturated heterocycles. The van der Waals surface area contributed by atoms with Crippen LogP contribution in [0.4, 0.5) is 5.69 Å². The molecule has 112 valence electrons. The van der Waals surface area contributed by atoms with E-state index < -0.39 is 0 Å². The van der Waals surface area contributed by atoms with E-state index in [0.29, 0.717) is 6.54 Å². The van der Waals surface area contributed by atoms with Gasteiger partial charge in [0.2, 0.25) is 0 Å². The van der Waals surface area contributed by atoms with Gasteiger partial charge in [-0.15, -0.1) is 0 Å². The third kappa shape index (κ3) is 3.99. The van der Waals surface area contributed by atoms with Crippen LogP contribution in [0.1, 0.15) is 11.1 Å². The maximum absolute atomic E-state index is 5.60. The van der Waals surface area contributed by atoms with Crippen molar-refractivity contribution in [2.75, 3.05) is 25.6 Å². The van der Waals surface area contributed by atoms with Gasteiger partial charge >= 0.3 is 0 Å². The predicted molar refractivity (Wildman–Crippen MR) is 92.0 cm³/mol. The van der Waals surface area contributed by atoms with Crippen LogP contribution in [0.3, 0.4) is 0 Å². The summed E-state index contributed by atoms with van der Waals surface area (Å²) < 4.78 is 6.50. The molecule has 0 amide bonds. The summed E-state index contributed by atoms with van der Waals surface area (Å²) in [4.78, 5) is 2.20. The summed E-state index contributed by atoms with van der Waals surface area (Å²) in [5.74, 6) is 0.917. The summed E-state index contributed by atoms with van der Waals surface area (Å²) in [6, 6.07) is 14.5. The predicted octanol–water partition coefficient (Wildman–Crippen LogP) is 3.60. The van der Waals surface area contributed by atoms with Gasteiger partial charge in [0, 0.05) is 23.6 Å². The zero-order valence-electron chi connectivity index (χ0n) is 12.5. The van der Waals surface area contributed by atoms with E-state index >= 15 is 0 Å². The van der Waals surface area contributed by atoms with Crippen LogP contribution in [0.5, 0.6) is 5.75 Å². The van der Waals surface area contributed by atoms with Crippen LogP contribution in [0.15, 0.2) is 46.9 Å². The zero-order chi connectivity index (χ0) is 15.2. The lowest BCUT2D eigenvalue weighted by atomic mass is 10.1. The molecule has 2 rings (SSSR count). The molecular formula is C17H21BrN2O. The Labute approximate surface area is 134 Å². The molecule has 0 saturated carbocycles. The topological polar surface area (TPSA) is 38.5 Å². The minimum absolute atomic E-state index is 0.669. The molecule has 0 heterocycles. The lowest BCUT2D eigenvalue weighted by Crippen LogP contribution is -2.17. The number of hydrogen-bond acceptors (Lipinski definition) is 3. The maximum atomic E-state index is 5.60. The van der Waals surface area contributed by atoms with Crippen LogP contribution in [-0.4, -0.2) is 20.7 Å². The van der Waals surface area contributed by atoms with Crippen molar-refractivity contribution in [3.05, 3.63) is 58.1 Å². The Morgan fingerprint density at radius 2 is 1.95 bits per heavy atom. The average molecular weight is 349 g/mol. The minimum atomic E-state index is 0.669. The summed E-state index contributed by atoms with van der Waals surface area (Å²) in [6.45, 7) is 1.46. The van der Waals surface area contributed by atoms with Gasteiger partial charge in [-0.3, -0.25) is 0 Å². The molecule has 0 fully saturated rings. The molecule has 4 heteroatoms. The van der Waals surface area contributed by atoms with Crippen molar-refractivity contribution in [3.63, 3.8) is 0 Å². The van der Waals surface area contributed by atoms with E-state index in [0.717, 1.165) is 28.9 Å². The van der Waals surface area contributed by atoms with Crippen LogP contribution in [-0.2, 0) is 13.0 Å². The number of methoxy groups -OCH3 is 1. The number of para-hydroxylation sites is 1. The Morgan fingerprint density at radius 1 is 1.19 bits per heavy atom. The first kappa shape index (κ1) is 15.9. The standard InChI is InChI=1S/C17H21BrN2O/c1-20(12-14-5-3-4-6-17(14)21-2)16-8-7-13(9-10-19)11-15(16)18/h3-8,11H,9-10,12,19H2,1-2H3. The van der Waals surface area contributed by atoms with E-state index in [-0.39, 0.29) is 0 Å². The second kappa shape index (κ2) is 7.48. The van der Waals surface area contributed by atoms with Gasteiger partial charge in [0.1, 0.15) is 5.75 Å². The summed E-state index contributed by atoms with van der Waals surface area (Å²) in [5, 5.41) is 0. The number of benzene rings is 2. The summed E-state index contributed by atoms with van der Waals surface area (Å²) in [6.07, 6.45) is 0.898. The van der Waals surface area contributed by atoms with Gasteiger partial charge in [0.15, 0.2) is 0 Å². The van der Waals surface area contributed by atoms with E-state index in [4.69, 9.17) is 10.5 Å². The van der Waals surface area contributed by atoms with Crippen molar-refractivity contribution in [1.82, 2.24) is 0 Å². The molecule has 2 aromatic rings. The van der Waals surface area contributed by atoms with Gasteiger partial charge < -0.3 is 15.4 Å². The van der Waals surface area contributed by atoms with Crippen molar-refractivity contribution >= 4 is 21.6 Å². The third-order valence-corrected chi connectivity index (χ3v) is 4.09. The van der Waals surface area contributed by atoms with Gasteiger partial charge in [-0.05, 0) is 52.7 Å². The van der Waals surface area contributed by atoms with Crippen LogP contribution in [0.2, 0.25) is 0 Å². The van der Waals surface area contributed by atoms with E-state index in [2.05, 4.69) is 52.1 Å². The van der Waals surface area contributed by atoms with E-state index in [1.54, 1.807) is 7.11 Å². The largest absolute Gasteiger partial charge is 0.496 e. The molecule has 0 bridgehead atoms. The smallest absolute Gasteiger partial charge is 0.123 e. The zero-order valence-corrected chi connectivity index (χ0v) is 14.1. The highest BCUT2D eigenvalue weighted by atomic mass is 79.9. The monoisotopic (exact) mass is 348 g/mol. The number of nitrogens with zero attached hydrogens (tertiary/aromatic N) is 1. The van der Waals surface area contributed by atoms with Crippen LogP contribution >= 0.6 is 15.9 Å². The molecule has 2 N–H and O–H groups in total. The fourth-order valence-electron chi connectivity index (χ4n) is 2.36. The number of ether oxygens (including phenoxy) is 1. The molecule has 0 unspecified atom stereocenters. The molecular weight excluding hydrogens is 328 g/mol. The van der Waals surface area contributed by atoms with Crippen molar-refractivity contribution in [3.8, 4) is 5.75 Å². The maximum Gasteiger partial charge on any atom is 0.123 e. The van der Waals surface area contributed by atoms with Gasteiger partial charge in [0.05, 0.1) is 12.8 Å². The number of nitrogens with two attached hydrogens (primary N) is 1. The molecule has 0 aromatic heterocycles. The summed E-state index contributed by atoms with van der Waals surface area (Å²) >= 11 is 3.65. The minimum Gasteiger partial charge on any atom is -0.496 e. The summed E-state index contributed by atoms with van der Waals surface area (Å²) in [5.41, 5.74) is 9.17. The van der Waals surface area contributed by atoms with Crippen molar-refractivity contribution in [2.24, 2.45) is 5.73 Å². The first-order valence-electron chi connectivity index (χ1n) is 6.97. The first-order chi connectivity index (χ1) is 10.2. The second-order valence-electron chi connectivity index (χ2n) is 4.99. The van der Waals surface area contributed by atoms with E-state index in [1.165, 1.54) is 11.1 Å². The Morgan fingerprint density at radius 3 is 2.62 bits per heavy atom. The molecule has 21 heavy (non-hydrogen) atoms. The van der Waals surface area contributed by atoms with Gasteiger partial charge in [-0.1, -0.05) is 24.3 Å². The highest BCUT2D eigenvalue weighted by Crippen LogP contribution is 2.29. The molecule has 0 aliphatic rings. The van der Waals surface area contributed by atoms with Gasteiger partial charge in [0.25, 0.3) is 0 Å². The van der Waals surface area contributed by atoms with Crippen molar-refractivity contribution in [1.29, 1.82) is 0 Å². The van der Waals surface area contributed by atoms with Gasteiger partial charge in [-0.25, -0.2) is 0 Å². The van der Waals surface area contributed by atoms with Crippen LogP contribution in [0, 0.1) is 0 Å². The first-order valence-corrected chi connectivity index (χ1v) is 7.76. The van der Waals surface area contributed by atoms with Crippen molar-refractivity contribution < 1.29 is 4.74 Å². The normalized spacial score (nSPS) is 10.5. The Kier molecular flexibility index (Phi) is 5.65. The molecule has 0 aliphatic heterocycles. The van der Waals surface area contributed by atoms with Crippen molar-refractivity contribution in [2.45, 2.75) is 13.0 Å². The molecule has 0 aliphatic carbocycles. The fraction of sp³-hybridized carbons (Fsp3) is 0.294. The Bertz CT molecular complexity index is 601. The Hall–Kier alpha value is -1.52. The number of rotatable bonds is 6. The number of halogens is 1. The molecule has 2 aromatic carbocycles. The molecule has 3 nitrogen and oxygen atoms in total. The van der Waals surface area contributed by atoms with E-state index in [9.17, 15) is 0 Å². The van der Waals surface area contributed by atoms with Crippen LogP contribution in [0.25, 0.3) is 0 Å². The quantitative estimate of drug-likeness (QED) is 0.866. The molecule has 0 radical (unpaired) electrons. The third-order valence-electron chi connectivity index (χ3n) is 3.46. The van der Waals surface area contributed by atoms with Crippen LogP contribution < -0.4 is 15.4 Å². The highest BCUT2D eigenvalue weighted by Gasteiger charge is 2.10.